The van der Waals surface area contributed by atoms with Gasteiger partial charge in [-0.1, -0.05) is 5.16 Å². The van der Waals surface area contributed by atoms with Gasteiger partial charge in [0.05, 0.1) is 16.6 Å². The second kappa shape index (κ2) is 4.58. The summed E-state index contributed by atoms with van der Waals surface area (Å²) in [6.45, 7) is 3.92. The molecule has 0 radical (unpaired) electrons. The molecule has 2 aromatic rings. The fourth-order valence-electron chi connectivity index (χ4n) is 1.76. The molecule has 3 rings (SSSR count). The number of rotatable bonds is 5. The van der Waals surface area contributed by atoms with Crippen LogP contribution >= 0.6 is 11.3 Å². The van der Waals surface area contributed by atoms with Crippen LogP contribution in [0.3, 0.4) is 0 Å². The molecule has 4 nitrogen and oxygen atoms in total. The van der Waals surface area contributed by atoms with Crippen molar-refractivity contribution in [3.8, 4) is 10.4 Å². The first kappa shape index (κ1) is 10.9. The molecule has 2 heterocycles. The van der Waals surface area contributed by atoms with E-state index in [0.717, 1.165) is 40.2 Å². The van der Waals surface area contributed by atoms with Crippen molar-refractivity contribution in [2.24, 2.45) is 5.92 Å². The highest BCUT2D eigenvalue weighted by Gasteiger charge is 2.20. The molecule has 5 heteroatoms. The molecule has 0 bridgehead atoms. The molecule has 0 spiro atoms. The Balaban J connectivity index is 1.63. The van der Waals surface area contributed by atoms with Crippen molar-refractivity contribution in [1.29, 1.82) is 0 Å². The van der Waals surface area contributed by atoms with E-state index in [2.05, 4.69) is 15.5 Å². The highest BCUT2D eigenvalue weighted by molar-refractivity contribution is 7.15. The minimum Gasteiger partial charge on any atom is -0.361 e. The third kappa shape index (κ3) is 2.56. The molecule has 2 aromatic heterocycles. The Hall–Kier alpha value is -1.20. The average molecular weight is 249 g/mol. The Morgan fingerprint density at radius 3 is 3.06 bits per heavy atom. The van der Waals surface area contributed by atoms with E-state index < -0.39 is 0 Å². The van der Waals surface area contributed by atoms with Crippen molar-refractivity contribution in [1.82, 2.24) is 15.5 Å². The van der Waals surface area contributed by atoms with Gasteiger partial charge < -0.3 is 9.84 Å². The Bertz CT molecular complexity index is 501. The summed E-state index contributed by atoms with van der Waals surface area (Å²) < 4.78 is 5.06. The lowest BCUT2D eigenvalue weighted by atomic mass is 10.2. The van der Waals surface area contributed by atoms with E-state index in [4.69, 9.17) is 4.52 Å². The molecule has 0 aromatic carbocycles. The van der Waals surface area contributed by atoms with Crippen LogP contribution < -0.4 is 5.32 Å². The number of aryl methyl sites for hydroxylation is 1. The number of hydrogen-bond acceptors (Lipinski definition) is 5. The van der Waals surface area contributed by atoms with Crippen LogP contribution in [0.25, 0.3) is 10.4 Å². The van der Waals surface area contributed by atoms with Crippen LogP contribution in [-0.4, -0.2) is 16.7 Å². The van der Waals surface area contributed by atoms with Gasteiger partial charge in [0.1, 0.15) is 10.8 Å². The highest BCUT2D eigenvalue weighted by Crippen LogP contribution is 2.29. The topological polar surface area (TPSA) is 51.0 Å². The quantitative estimate of drug-likeness (QED) is 0.885. The van der Waals surface area contributed by atoms with Gasteiger partial charge in [-0.25, -0.2) is 4.98 Å². The Labute approximate surface area is 104 Å². The molecule has 17 heavy (non-hydrogen) atoms. The number of thiazole rings is 1. The van der Waals surface area contributed by atoms with Crippen molar-refractivity contribution in [2.75, 3.05) is 6.54 Å². The lowest BCUT2D eigenvalue weighted by Gasteiger charge is -1.98. The predicted octanol–water partition coefficient (Wildman–Crippen LogP) is 2.61. The van der Waals surface area contributed by atoms with Gasteiger partial charge in [-0.15, -0.1) is 11.3 Å². The van der Waals surface area contributed by atoms with E-state index >= 15 is 0 Å². The summed E-state index contributed by atoms with van der Waals surface area (Å²) in [7, 11) is 0. The molecule has 1 aliphatic carbocycles. The largest absolute Gasteiger partial charge is 0.361 e. The van der Waals surface area contributed by atoms with E-state index in [1.807, 2.05) is 13.1 Å². The fourth-order valence-corrected chi connectivity index (χ4v) is 2.70. The van der Waals surface area contributed by atoms with Gasteiger partial charge >= 0.3 is 0 Å². The van der Waals surface area contributed by atoms with Crippen molar-refractivity contribution in [2.45, 2.75) is 26.3 Å². The highest BCUT2D eigenvalue weighted by atomic mass is 32.1. The van der Waals surface area contributed by atoms with Crippen LogP contribution in [0.15, 0.2) is 16.9 Å². The third-order valence-corrected chi connectivity index (χ3v) is 4.01. The van der Waals surface area contributed by atoms with Gasteiger partial charge in [-0.3, -0.25) is 0 Å². The van der Waals surface area contributed by atoms with Crippen LogP contribution in [0.2, 0.25) is 0 Å². The molecule has 0 atom stereocenters. The second-order valence-corrected chi connectivity index (χ2v) is 5.60. The van der Waals surface area contributed by atoms with Crippen LogP contribution in [0.4, 0.5) is 0 Å². The minimum absolute atomic E-state index is 0.853. The Morgan fingerprint density at radius 1 is 1.47 bits per heavy atom. The third-order valence-electron chi connectivity index (χ3n) is 2.98. The Kier molecular flexibility index (Phi) is 2.94. The monoisotopic (exact) mass is 249 g/mol. The maximum absolute atomic E-state index is 5.06. The van der Waals surface area contributed by atoms with Gasteiger partial charge in [0.25, 0.3) is 0 Å². The van der Waals surface area contributed by atoms with E-state index in [9.17, 15) is 0 Å². The van der Waals surface area contributed by atoms with Crippen molar-refractivity contribution in [3.05, 3.63) is 23.2 Å². The molecule has 1 fully saturated rings. The number of nitrogens with one attached hydrogen (secondary N) is 1. The summed E-state index contributed by atoms with van der Waals surface area (Å²) in [5, 5.41) is 8.36. The molecule has 0 aliphatic heterocycles. The SMILES string of the molecule is Cc1oncc1-c1cnc(CNCC2CC2)s1. The number of nitrogens with zero attached hydrogens (tertiary/aromatic N) is 2. The van der Waals surface area contributed by atoms with Crippen molar-refractivity contribution in [3.63, 3.8) is 0 Å². The van der Waals surface area contributed by atoms with E-state index in [-0.39, 0.29) is 0 Å². The van der Waals surface area contributed by atoms with Gasteiger partial charge in [-0.05, 0) is 32.2 Å². The molecule has 1 N–H and O–H groups in total. The molecular formula is C12H15N3OS. The molecular weight excluding hydrogens is 234 g/mol. The van der Waals surface area contributed by atoms with E-state index in [1.165, 1.54) is 12.8 Å². The molecule has 1 aliphatic rings. The Morgan fingerprint density at radius 2 is 2.35 bits per heavy atom. The van der Waals surface area contributed by atoms with E-state index in [1.54, 1.807) is 17.5 Å². The first-order valence-corrected chi connectivity index (χ1v) is 6.71. The van der Waals surface area contributed by atoms with Crippen LogP contribution in [0, 0.1) is 12.8 Å². The molecule has 1 saturated carbocycles. The van der Waals surface area contributed by atoms with Crippen LogP contribution in [0.5, 0.6) is 0 Å². The van der Waals surface area contributed by atoms with Gasteiger partial charge in [0, 0.05) is 12.7 Å². The van der Waals surface area contributed by atoms with Crippen LogP contribution in [-0.2, 0) is 6.54 Å². The fraction of sp³-hybridized carbons (Fsp3) is 0.500. The zero-order chi connectivity index (χ0) is 11.7. The van der Waals surface area contributed by atoms with Gasteiger partial charge in [0.2, 0.25) is 0 Å². The number of aromatic nitrogens is 2. The molecule has 0 unspecified atom stereocenters. The lowest BCUT2D eigenvalue weighted by molar-refractivity contribution is 0.398. The molecule has 0 saturated heterocycles. The first-order chi connectivity index (χ1) is 8.33. The zero-order valence-electron chi connectivity index (χ0n) is 9.77. The maximum Gasteiger partial charge on any atom is 0.142 e. The zero-order valence-corrected chi connectivity index (χ0v) is 10.6. The summed E-state index contributed by atoms with van der Waals surface area (Å²) in [6.07, 6.45) is 6.43. The second-order valence-electron chi connectivity index (χ2n) is 4.49. The summed E-state index contributed by atoms with van der Waals surface area (Å²) in [6, 6.07) is 0. The van der Waals surface area contributed by atoms with Gasteiger partial charge in [-0.2, -0.15) is 0 Å². The smallest absolute Gasteiger partial charge is 0.142 e. The maximum atomic E-state index is 5.06. The molecule has 90 valence electrons. The van der Waals surface area contributed by atoms with E-state index in [0.29, 0.717) is 0 Å². The first-order valence-electron chi connectivity index (χ1n) is 5.90. The van der Waals surface area contributed by atoms with Crippen LogP contribution in [0.1, 0.15) is 23.6 Å². The lowest BCUT2D eigenvalue weighted by Crippen LogP contribution is -2.15. The average Bonchev–Trinajstić information content (AvgIpc) is 2.85. The normalized spacial score (nSPS) is 15.4. The minimum atomic E-state index is 0.853. The van der Waals surface area contributed by atoms with Gasteiger partial charge in [0.15, 0.2) is 0 Å². The molecule has 0 amide bonds. The summed E-state index contributed by atoms with van der Waals surface area (Å²) in [5.74, 6) is 1.76. The van der Waals surface area contributed by atoms with Crippen molar-refractivity contribution < 1.29 is 4.52 Å². The predicted molar refractivity (Wildman–Crippen MR) is 66.8 cm³/mol. The summed E-state index contributed by atoms with van der Waals surface area (Å²) in [4.78, 5) is 5.55. The van der Waals surface area contributed by atoms with Crippen molar-refractivity contribution >= 4 is 11.3 Å². The standard InChI is InChI=1S/C12H15N3OS/c1-8-10(5-15-16-8)11-6-14-12(17-11)7-13-4-9-2-3-9/h5-6,9,13H,2-4,7H2,1H3. The summed E-state index contributed by atoms with van der Waals surface area (Å²) in [5.41, 5.74) is 1.05. The number of hydrogen-bond donors (Lipinski definition) is 1. The summed E-state index contributed by atoms with van der Waals surface area (Å²) >= 11 is 1.70.